The molecule has 0 amide bonds. The fourth-order valence-corrected chi connectivity index (χ4v) is 3.05. The van der Waals surface area contributed by atoms with Crippen LogP contribution in [-0.4, -0.2) is 19.7 Å². The molecule has 4 aromatic rings. The summed E-state index contributed by atoms with van der Waals surface area (Å²) in [6.07, 6.45) is 7.38. The smallest absolute Gasteiger partial charge is 0.167 e. The maximum atomic E-state index is 4.63. The van der Waals surface area contributed by atoms with E-state index in [9.17, 15) is 0 Å². The van der Waals surface area contributed by atoms with E-state index >= 15 is 0 Å². The van der Waals surface area contributed by atoms with Crippen LogP contribution in [0.15, 0.2) is 66.6 Å². The first-order valence-electron chi connectivity index (χ1n) is 7.75. The van der Waals surface area contributed by atoms with Gasteiger partial charge < -0.3 is 0 Å². The molecule has 0 aliphatic heterocycles. The third kappa shape index (κ3) is 3.35. The highest BCUT2D eigenvalue weighted by atomic mass is 32.1. The minimum absolute atomic E-state index is 0.828. The zero-order valence-corrected chi connectivity index (χ0v) is 14.4. The predicted molar refractivity (Wildman–Crippen MR) is 100.0 cm³/mol. The highest BCUT2D eigenvalue weighted by molar-refractivity contribution is 7.10. The van der Waals surface area contributed by atoms with Gasteiger partial charge in [0.2, 0.25) is 0 Å². The molecule has 4 rings (SSSR count). The van der Waals surface area contributed by atoms with Crippen molar-refractivity contribution in [3.05, 3.63) is 77.1 Å². The van der Waals surface area contributed by atoms with Crippen LogP contribution >= 0.6 is 11.3 Å². The predicted octanol–water partition coefficient (Wildman–Crippen LogP) is 4.01. The molecule has 0 radical (unpaired) electrons. The molecule has 0 bridgehead atoms. The number of aryl methyl sites for hydroxylation is 1. The van der Waals surface area contributed by atoms with E-state index in [1.54, 1.807) is 29.9 Å². The van der Waals surface area contributed by atoms with E-state index in [1.807, 2.05) is 47.6 Å². The maximum absolute atomic E-state index is 4.63. The molecule has 5 heteroatoms. The van der Waals surface area contributed by atoms with Crippen molar-refractivity contribution in [2.24, 2.45) is 7.05 Å². The molecule has 4 nitrogen and oxygen atoms in total. The minimum Gasteiger partial charge on any atom is -0.275 e. The van der Waals surface area contributed by atoms with Crippen LogP contribution < -0.4 is 0 Å². The maximum Gasteiger partial charge on any atom is 0.167 e. The van der Waals surface area contributed by atoms with Crippen molar-refractivity contribution in [2.75, 3.05) is 0 Å². The van der Waals surface area contributed by atoms with Gasteiger partial charge in [-0.15, -0.1) is 11.3 Å². The summed E-state index contributed by atoms with van der Waals surface area (Å²) in [5, 5.41) is 7.38. The van der Waals surface area contributed by atoms with Gasteiger partial charge in [-0.05, 0) is 35.7 Å². The molecule has 0 aliphatic rings. The van der Waals surface area contributed by atoms with Crippen molar-refractivity contribution in [1.82, 2.24) is 19.7 Å². The first kappa shape index (κ1) is 15.3. The molecule has 0 N–H and O–H groups in total. The Labute approximate surface area is 149 Å². The van der Waals surface area contributed by atoms with Gasteiger partial charge in [0, 0.05) is 53.9 Å². The number of hydrogen-bond donors (Lipinski definition) is 0. The summed E-state index contributed by atoms with van der Waals surface area (Å²) >= 11 is 1.54. The largest absolute Gasteiger partial charge is 0.275 e. The Morgan fingerprint density at radius 1 is 0.920 bits per heavy atom. The highest BCUT2D eigenvalue weighted by Crippen LogP contribution is 2.30. The molecule has 25 heavy (non-hydrogen) atoms. The SMILES string of the molecule is Cn1cc(-c2ccncc2)c(-c2ccc(C#Cc3nccs3)cc2)n1. The number of nitrogens with zero attached hydrogens (tertiary/aromatic N) is 4. The van der Waals surface area contributed by atoms with Crippen LogP contribution in [0.3, 0.4) is 0 Å². The second-order valence-corrected chi connectivity index (χ2v) is 6.36. The van der Waals surface area contributed by atoms with E-state index in [1.165, 1.54) is 0 Å². The first-order chi connectivity index (χ1) is 12.3. The number of hydrogen-bond acceptors (Lipinski definition) is 4. The van der Waals surface area contributed by atoms with Crippen molar-refractivity contribution in [3.8, 4) is 34.2 Å². The van der Waals surface area contributed by atoms with Crippen LogP contribution in [0.2, 0.25) is 0 Å². The summed E-state index contributed by atoms with van der Waals surface area (Å²) in [6, 6.07) is 12.1. The van der Waals surface area contributed by atoms with Crippen molar-refractivity contribution >= 4 is 11.3 Å². The van der Waals surface area contributed by atoms with Crippen molar-refractivity contribution in [2.45, 2.75) is 0 Å². The third-order valence-corrected chi connectivity index (χ3v) is 4.41. The number of thiazole rings is 1. The van der Waals surface area contributed by atoms with Crippen LogP contribution in [0.1, 0.15) is 10.6 Å². The second kappa shape index (κ2) is 6.71. The summed E-state index contributed by atoms with van der Waals surface area (Å²) in [5.74, 6) is 6.21. The molecule has 0 saturated heterocycles. The lowest BCUT2D eigenvalue weighted by Gasteiger charge is -2.02. The van der Waals surface area contributed by atoms with Crippen LogP contribution in [0.4, 0.5) is 0 Å². The van der Waals surface area contributed by atoms with Crippen LogP contribution in [0.5, 0.6) is 0 Å². The molecule has 0 saturated carbocycles. The van der Waals surface area contributed by atoms with Crippen LogP contribution in [0.25, 0.3) is 22.4 Å². The Balaban J connectivity index is 1.67. The van der Waals surface area contributed by atoms with E-state index in [2.05, 4.69) is 39.0 Å². The Hall–Kier alpha value is -3.23. The average molecular weight is 342 g/mol. The Morgan fingerprint density at radius 2 is 1.72 bits per heavy atom. The number of benzene rings is 1. The standard InChI is InChI=1S/C20H14N4S/c1-24-14-18(16-8-10-21-11-9-16)20(23-24)17-5-2-15(3-6-17)4-7-19-22-12-13-25-19/h2-3,5-6,8-14H,1H3. The number of aromatic nitrogens is 4. The van der Waals surface area contributed by atoms with Crippen LogP contribution in [0, 0.1) is 11.8 Å². The normalized spacial score (nSPS) is 10.3. The number of pyridine rings is 1. The Bertz CT molecular complexity index is 1040. The molecule has 3 heterocycles. The van der Waals surface area contributed by atoms with Gasteiger partial charge in [0.25, 0.3) is 0 Å². The van der Waals surface area contributed by atoms with Gasteiger partial charge in [-0.1, -0.05) is 18.1 Å². The van der Waals surface area contributed by atoms with E-state index in [4.69, 9.17) is 0 Å². The molecule has 0 fully saturated rings. The quantitative estimate of drug-likeness (QED) is 0.517. The lowest BCUT2D eigenvalue weighted by Crippen LogP contribution is -1.88. The lowest BCUT2D eigenvalue weighted by molar-refractivity contribution is 0.771. The van der Waals surface area contributed by atoms with E-state index in [-0.39, 0.29) is 0 Å². The lowest BCUT2D eigenvalue weighted by atomic mass is 10.0. The molecule has 1 aromatic carbocycles. The molecular formula is C20H14N4S. The highest BCUT2D eigenvalue weighted by Gasteiger charge is 2.11. The fourth-order valence-electron chi connectivity index (χ4n) is 2.57. The number of rotatable bonds is 2. The summed E-state index contributed by atoms with van der Waals surface area (Å²) in [7, 11) is 1.93. The summed E-state index contributed by atoms with van der Waals surface area (Å²) in [4.78, 5) is 8.26. The first-order valence-corrected chi connectivity index (χ1v) is 8.63. The summed E-state index contributed by atoms with van der Waals surface area (Å²) in [6.45, 7) is 0. The summed E-state index contributed by atoms with van der Waals surface area (Å²) < 4.78 is 1.83. The second-order valence-electron chi connectivity index (χ2n) is 5.47. The molecular weight excluding hydrogens is 328 g/mol. The van der Waals surface area contributed by atoms with E-state index in [0.29, 0.717) is 0 Å². The zero-order valence-electron chi connectivity index (χ0n) is 13.5. The monoisotopic (exact) mass is 342 g/mol. The Kier molecular flexibility index (Phi) is 4.11. The molecule has 0 aliphatic carbocycles. The molecule has 0 unspecified atom stereocenters. The third-order valence-electron chi connectivity index (χ3n) is 3.72. The topological polar surface area (TPSA) is 43.6 Å². The van der Waals surface area contributed by atoms with Gasteiger partial charge in [0.05, 0.1) is 0 Å². The minimum atomic E-state index is 0.828. The fraction of sp³-hybridized carbons (Fsp3) is 0.0500. The van der Waals surface area contributed by atoms with E-state index < -0.39 is 0 Å². The average Bonchev–Trinajstić information content (AvgIpc) is 3.31. The van der Waals surface area contributed by atoms with Gasteiger partial charge in [-0.3, -0.25) is 9.67 Å². The summed E-state index contributed by atoms with van der Waals surface area (Å²) in [5.41, 5.74) is 5.16. The van der Waals surface area contributed by atoms with Crippen molar-refractivity contribution in [3.63, 3.8) is 0 Å². The van der Waals surface area contributed by atoms with Crippen LogP contribution in [-0.2, 0) is 7.05 Å². The van der Waals surface area contributed by atoms with Gasteiger partial charge in [0.1, 0.15) is 5.69 Å². The zero-order chi connectivity index (χ0) is 17.1. The molecule has 120 valence electrons. The van der Waals surface area contributed by atoms with Gasteiger partial charge in [0.15, 0.2) is 5.01 Å². The van der Waals surface area contributed by atoms with Gasteiger partial charge in [-0.2, -0.15) is 5.10 Å². The Morgan fingerprint density at radius 3 is 2.44 bits per heavy atom. The van der Waals surface area contributed by atoms with Crippen molar-refractivity contribution < 1.29 is 0 Å². The molecule has 0 atom stereocenters. The molecule has 3 aromatic heterocycles. The molecule has 0 spiro atoms. The van der Waals surface area contributed by atoms with Gasteiger partial charge in [-0.25, -0.2) is 4.98 Å². The van der Waals surface area contributed by atoms with E-state index in [0.717, 1.165) is 33.0 Å². The van der Waals surface area contributed by atoms with Gasteiger partial charge >= 0.3 is 0 Å². The van der Waals surface area contributed by atoms with Crippen molar-refractivity contribution in [1.29, 1.82) is 0 Å².